The van der Waals surface area contributed by atoms with E-state index >= 15 is 0 Å². The van der Waals surface area contributed by atoms with Gasteiger partial charge in [0, 0.05) is 22.8 Å². The lowest BCUT2D eigenvalue weighted by Gasteiger charge is -2.20. The van der Waals surface area contributed by atoms with Crippen LogP contribution in [-0.4, -0.2) is 17.7 Å². The van der Waals surface area contributed by atoms with Crippen molar-refractivity contribution in [3.8, 4) is 0 Å². The van der Waals surface area contributed by atoms with Crippen molar-refractivity contribution in [2.24, 2.45) is 0 Å². The minimum Gasteiger partial charge on any atom is -0.308 e. The number of benzene rings is 2. The van der Waals surface area contributed by atoms with Gasteiger partial charge in [-0.15, -0.1) is 11.8 Å². The van der Waals surface area contributed by atoms with E-state index in [4.69, 9.17) is 0 Å². The number of amides is 1. The third-order valence-corrected chi connectivity index (χ3v) is 5.04. The van der Waals surface area contributed by atoms with Gasteiger partial charge in [0.15, 0.2) is 0 Å². The smallest absolute Gasteiger partial charge is 0.251 e. The van der Waals surface area contributed by atoms with Crippen LogP contribution in [0.1, 0.15) is 18.9 Å². The van der Waals surface area contributed by atoms with Gasteiger partial charge in [-0.2, -0.15) is 0 Å². The van der Waals surface area contributed by atoms with Gasteiger partial charge in [-0.05, 0) is 42.3 Å². The molecule has 0 fully saturated rings. The normalized spacial score (nSPS) is 17.8. The lowest BCUT2D eigenvalue weighted by molar-refractivity contribution is -0.114. The summed E-state index contributed by atoms with van der Waals surface area (Å²) in [7, 11) is 0. The topological polar surface area (TPSA) is 20.3 Å². The number of hydrogen-bond donors (Lipinski definition) is 0. The highest BCUT2D eigenvalue weighted by molar-refractivity contribution is 8.00. The van der Waals surface area contributed by atoms with Crippen molar-refractivity contribution in [1.82, 2.24) is 0 Å². The summed E-state index contributed by atoms with van der Waals surface area (Å²) in [5.41, 5.74) is 1.78. The number of hydrogen-bond acceptors (Lipinski definition) is 2. The number of anilines is 1. The molecule has 0 radical (unpaired) electrons. The van der Waals surface area contributed by atoms with Crippen molar-refractivity contribution >= 4 is 29.4 Å². The van der Waals surface area contributed by atoms with Gasteiger partial charge < -0.3 is 4.90 Å². The van der Waals surface area contributed by atoms with Crippen LogP contribution in [0.25, 0.3) is 6.08 Å². The molecule has 118 valence electrons. The molecule has 1 aliphatic heterocycles. The number of thioether (sulfide) groups is 1. The summed E-state index contributed by atoms with van der Waals surface area (Å²) in [6, 6.07) is 14.1. The molecule has 0 bridgehead atoms. The standard InChI is InChI=1S/C19H18FNOS/c1-14-12-13-21(17-4-2-3-5-18(17)23-14)19(22)11-8-15-6-9-16(20)10-7-15/h2-11,14H,12-13H2,1H3. The quantitative estimate of drug-likeness (QED) is 0.742. The molecule has 0 aromatic heterocycles. The highest BCUT2D eigenvalue weighted by atomic mass is 32.2. The maximum Gasteiger partial charge on any atom is 0.251 e. The van der Waals surface area contributed by atoms with E-state index in [2.05, 4.69) is 13.0 Å². The molecule has 2 nitrogen and oxygen atoms in total. The molecule has 3 rings (SSSR count). The zero-order chi connectivity index (χ0) is 16.2. The van der Waals surface area contributed by atoms with E-state index in [1.54, 1.807) is 24.3 Å². The Labute approximate surface area is 140 Å². The third-order valence-electron chi connectivity index (χ3n) is 3.80. The summed E-state index contributed by atoms with van der Waals surface area (Å²) in [4.78, 5) is 15.6. The molecule has 1 unspecified atom stereocenters. The van der Waals surface area contributed by atoms with Crippen LogP contribution in [0.4, 0.5) is 10.1 Å². The van der Waals surface area contributed by atoms with Crippen LogP contribution in [0.2, 0.25) is 0 Å². The van der Waals surface area contributed by atoms with E-state index in [9.17, 15) is 9.18 Å². The maximum atomic E-state index is 12.9. The zero-order valence-corrected chi connectivity index (χ0v) is 13.7. The number of carbonyl (C=O) groups excluding carboxylic acids is 1. The van der Waals surface area contributed by atoms with Gasteiger partial charge in [-0.1, -0.05) is 31.2 Å². The molecular formula is C19H18FNOS. The fourth-order valence-corrected chi connectivity index (χ4v) is 3.66. The van der Waals surface area contributed by atoms with Crippen LogP contribution in [0.5, 0.6) is 0 Å². The first kappa shape index (κ1) is 15.8. The Morgan fingerprint density at radius 1 is 1.22 bits per heavy atom. The average molecular weight is 327 g/mol. The second-order valence-electron chi connectivity index (χ2n) is 5.56. The van der Waals surface area contributed by atoms with Crippen LogP contribution in [0.3, 0.4) is 0 Å². The Bertz CT molecular complexity index is 726. The van der Waals surface area contributed by atoms with Gasteiger partial charge in [0.05, 0.1) is 5.69 Å². The number of rotatable bonds is 2. The number of fused-ring (bicyclic) bond motifs is 1. The highest BCUT2D eigenvalue weighted by Crippen LogP contribution is 2.37. The number of carbonyl (C=O) groups is 1. The molecule has 0 saturated carbocycles. The third kappa shape index (κ3) is 3.82. The van der Waals surface area contributed by atoms with Crippen LogP contribution >= 0.6 is 11.8 Å². The van der Waals surface area contributed by atoms with Crippen LogP contribution < -0.4 is 4.90 Å². The summed E-state index contributed by atoms with van der Waals surface area (Å²) in [5, 5.41) is 0.482. The lowest BCUT2D eigenvalue weighted by Crippen LogP contribution is -2.30. The molecule has 1 aliphatic rings. The predicted molar refractivity (Wildman–Crippen MR) is 94.2 cm³/mol. The number of halogens is 1. The zero-order valence-electron chi connectivity index (χ0n) is 12.9. The first-order valence-corrected chi connectivity index (χ1v) is 8.52. The fourth-order valence-electron chi connectivity index (χ4n) is 2.55. The fraction of sp³-hybridized carbons (Fsp3) is 0.211. The van der Waals surface area contributed by atoms with Crippen molar-refractivity contribution in [1.29, 1.82) is 0 Å². The first-order chi connectivity index (χ1) is 11.1. The Hall–Kier alpha value is -2.07. The van der Waals surface area contributed by atoms with E-state index in [0.717, 1.165) is 22.6 Å². The molecule has 2 aromatic carbocycles. The monoisotopic (exact) mass is 327 g/mol. The SMILES string of the molecule is CC1CCN(C(=O)C=Cc2ccc(F)cc2)c2ccccc2S1. The summed E-state index contributed by atoms with van der Waals surface area (Å²) >= 11 is 1.81. The first-order valence-electron chi connectivity index (χ1n) is 7.64. The van der Waals surface area contributed by atoms with Gasteiger partial charge in [-0.3, -0.25) is 4.79 Å². The number of nitrogens with zero attached hydrogens (tertiary/aromatic N) is 1. The second-order valence-corrected chi connectivity index (χ2v) is 7.04. The van der Waals surface area contributed by atoms with Crippen LogP contribution in [0, 0.1) is 5.82 Å². The molecule has 0 saturated heterocycles. The van der Waals surface area contributed by atoms with Gasteiger partial charge in [0.2, 0.25) is 0 Å². The Kier molecular flexibility index (Phi) is 4.82. The molecule has 4 heteroatoms. The lowest BCUT2D eigenvalue weighted by atomic mass is 10.2. The maximum absolute atomic E-state index is 12.9. The molecule has 0 spiro atoms. The molecule has 0 aliphatic carbocycles. The van der Waals surface area contributed by atoms with Crippen LogP contribution in [-0.2, 0) is 4.79 Å². The van der Waals surface area contributed by atoms with Crippen molar-refractivity contribution in [2.45, 2.75) is 23.5 Å². The van der Waals surface area contributed by atoms with Crippen molar-refractivity contribution in [2.75, 3.05) is 11.4 Å². The summed E-state index contributed by atoms with van der Waals surface area (Å²) in [5.74, 6) is -0.322. The molecule has 1 atom stereocenters. The molecule has 1 amide bonds. The summed E-state index contributed by atoms with van der Waals surface area (Å²) < 4.78 is 12.9. The summed E-state index contributed by atoms with van der Waals surface area (Å²) in [6.07, 6.45) is 4.24. The van der Waals surface area contributed by atoms with E-state index in [1.807, 2.05) is 34.9 Å². The largest absolute Gasteiger partial charge is 0.308 e. The predicted octanol–water partition coefficient (Wildman–Crippen LogP) is 4.76. The Balaban J connectivity index is 1.82. The van der Waals surface area contributed by atoms with Gasteiger partial charge in [0.25, 0.3) is 5.91 Å². The Morgan fingerprint density at radius 2 is 1.96 bits per heavy atom. The van der Waals surface area contributed by atoms with E-state index in [1.165, 1.54) is 12.1 Å². The average Bonchev–Trinajstić information content (AvgIpc) is 2.72. The van der Waals surface area contributed by atoms with Crippen molar-refractivity contribution in [3.05, 3.63) is 66.0 Å². The van der Waals surface area contributed by atoms with E-state index < -0.39 is 0 Å². The number of para-hydroxylation sites is 1. The summed E-state index contributed by atoms with van der Waals surface area (Å²) in [6.45, 7) is 2.89. The van der Waals surface area contributed by atoms with E-state index in [0.29, 0.717) is 11.8 Å². The minimum atomic E-state index is -0.277. The molecule has 0 N–H and O–H groups in total. The van der Waals surface area contributed by atoms with Gasteiger partial charge in [0.1, 0.15) is 5.82 Å². The minimum absolute atomic E-state index is 0.0449. The van der Waals surface area contributed by atoms with E-state index in [-0.39, 0.29) is 11.7 Å². The molecular weight excluding hydrogens is 309 g/mol. The van der Waals surface area contributed by atoms with Gasteiger partial charge in [-0.25, -0.2) is 4.39 Å². The second kappa shape index (κ2) is 7.01. The molecule has 2 aromatic rings. The van der Waals surface area contributed by atoms with Crippen LogP contribution in [0.15, 0.2) is 59.5 Å². The molecule has 1 heterocycles. The molecule has 23 heavy (non-hydrogen) atoms. The van der Waals surface area contributed by atoms with Crippen molar-refractivity contribution < 1.29 is 9.18 Å². The van der Waals surface area contributed by atoms with Gasteiger partial charge >= 0.3 is 0 Å². The highest BCUT2D eigenvalue weighted by Gasteiger charge is 2.22. The Morgan fingerprint density at radius 3 is 2.74 bits per heavy atom. The van der Waals surface area contributed by atoms with Crippen molar-refractivity contribution in [3.63, 3.8) is 0 Å².